The van der Waals surface area contributed by atoms with Crippen LogP contribution in [0.3, 0.4) is 0 Å². The molecule has 3 atom stereocenters. The number of rotatable bonds is 3. The first-order chi connectivity index (χ1) is 10.6. The van der Waals surface area contributed by atoms with Crippen molar-refractivity contribution in [2.45, 2.75) is 39.0 Å². The molecule has 0 radical (unpaired) electrons. The lowest BCUT2D eigenvalue weighted by atomic mass is 10.1. The highest BCUT2D eigenvalue weighted by Gasteiger charge is 2.30. The maximum Gasteiger partial charge on any atom is 0.240 e. The van der Waals surface area contributed by atoms with Gasteiger partial charge in [0.25, 0.3) is 0 Å². The standard InChI is InChI=1S/C17H22N2O3/c1-10-13-6-4-5-7-14(13)22-16(10)11(2)19-17(20)15-12(3)21-9-8-18-15/h4-7,11-12,15,18H,8-9H2,1-3H3,(H,19,20)/t11?,12-,15+/m1/s1. The molecule has 2 N–H and O–H groups in total. The molecule has 1 aliphatic rings. The summed E-state index contributed by atoms with van der Waals surface area (Å²) in [7, 11) is 0. The fourth-order valence-electron chi connectivity index (χ4n) is 3.00. The Morgan fingerprint density at radius 2 is 2.18 bits per heavy atom. The van der Waals surface area contributed by atoms with Gasteiger partial charge >= 0.3 is 0 Å². The molecule has 5 heteroatoms. The molecule has 2 aromatic rings. The molecule has 5 nitrogen and oxygen atoms in total. The lowest BCUT2D eigenvalue weighted by Crippen LogP contribution is -2.55. The molecule has 1 saturated heterocycles. The van der Waals surface area contributed by atoms with Crippen LogP contribution in [0.15, 0.2) is 28.7 Å². The first kappa shape index (κ1) is 15.1. The number of benzene rings is 1. The molecule has 1 aliphatic heterocycles. The van der Waals surface area contributed by atoms with Crippen molar-refractivity contribution in [3.05, 3.63) is 35.6 Å². The van der Waals surface area contributed by atoms with E-state index in [1.807, 2.05) is 45.0 Å². The zero-order chi connectivity index (χ0) is 15.7. The number of carbonyl (C=O) groups excluding carboxylic acids is 1. The summed E-state index contributed by atoms with van der Waals surface area (Å²) in [5.74, 6) is 0.749. The number of para-hydroxylation sites is 1. The van der Waals surface area contributed by atoms with Gasteiger partial charge in [-0.1, -0.05) is 18.2 Å². The molecule has 118 valence electrons. The number of amides is 1. The number of carbonyl (C=O) groups is 1. The van der Waals surface area contributed by atoms with Crippen LogP contribution < -0.4 is 10.6 Å². The van der Waals surface area contributed by atoms with Crippen LogP contribution in [-0.4, -0.2) is 31.2 Å². The largest absolute Gasteiger partial charge is 0.459 e. The zero-order valence-corrected chi connectivity index (χ0v) is 13.2. The topological polar surface area (TPSA) is 63.5 Å². The van der Waals surface area contributed by atoms with Gasteiger partial charge in [0.15, 0.2) is 0 Å². The van der Waals surface area contributed by atoms with Crippen molar-refractivity contribution in [2.75, 3.05) is 13.2 Å². The Morgan fingerprint density at radius 1 is 1.41 bits per heavy atom. The Bertz CT molecular complexity index is 680. The maximum atomic E-state index is 12.4. The van der Waals surface area contributed by atoms with Crippen molar-refractivity contribution >= 4 is 16.9 Å². The molecule has 0 saturated carbocycles. The molecule has 1 aromatic heterocycles. The number of fused-ring (bicyclic) bond motifs is 1. The van der Waals surface area contributed by atoms with E-state index in [2.05, 4.69) is 10.6 Å². The molecule has 0 aliphatic carbocycles. The zero-order valence-electron chi connectivity index (χ0n) is 13.2. The first-order valence-corrected chi connectivity index (χ1v) is 7.71. The fourth-order valence-corrected chi connectivity index (χ4v) is 3.00. The minimum absolute atomic E-state index is 0.0560. The lowest BCUT2D eigenvalue weighted by molar-refractivity contribution is -0.129. The summed E-state index contributed by atoms with van der Waals surface area (Å²) in [6, 6.07) is 7.41. The van der Waals surface area contributed by atoms with Crippen molar-refractivity contribution in [3.63, 3.8) is 0 Å². The third kappa shape index (κ3) is 2.74. The van der Waals surface area contributed by atoms with Gasteiger partial charge in [-0.05, 0) is 26.8 Å². The molecule has 0 spiro atoms. The highest BCUT2D eigenvalue weighted by Crippen LogP contribution is 2.29. The van der Waals surface area contributed by atoms with Crippen LogP contribution >= 0.6 is 0 Å². The fraction of sp³-hybridized carbons (Fsp3) is 0.471. The van der Waals surface area contributed by atoms with Gasteiger partial charge in [0.05, 0.1) is 18.8 Å². The van der Waals surface area contributed by atoms with Crippen molar-refractivity contribution in [1.29, 1.82) is 0 Å². The van der Waals surface area contributed by atoms with Crippen LogP contribution in [0.1, 0.15) is 31.2 Å². The summed E-state index contributed by atoms with van der Waals surface area (Å²) in [4.78, 5) is 12.4. The smallest absolute Gasteiger partial charge is 0.240 e. The van der Waals surface area contributed by atoms with E-state index in [-0.39, 0.29) is 24.1 Å². The van der Waals surface area contributed by atoms with Gasteiger partial charge in [-0.3, -0.25) is 4.79 Å². The van der Waals surface area contributed by atoms with E-state index in [1.54, 1.807) is 0 Å². The molecule has 2 heterocycles. The molecule has 1 aromatic carbocycles. The van der Waals surface area contributed by atoms with E-state index < -0.39 is 0 Å². The van der Waals surface area contributed by atoms with Gasteiger partial charge in [-0.2, -0.15) is 0 Å². The average Bonchev–Trinajstić information content (AvgIpc) is 2.85. The van der Waals surface area contributed by atoms with Crippen molar-refractivity contribution < 1.29 is 13.9 Å². The van der Waals surface area contributed by atoms with Crippen LogP contribution in [0.4, 0.5) is 0 Å². The normalized spacial score (nSPS) is 23.4. The van der Waals surface area contributed by atoms with Gasteiger partial charge in [0, 0.05) is 17.5 Å². The summed E-state index contributed by atoms with van der Waals surface area (Å²) in [5.41, 5.74) is 1.92. The van der Waals surface area contributed by atoms with Gasteiger partial charge in [0.2, 0.25) is 5.91 Å². The van der Waals surface area contributed by atoms with Crippen molar-refractivity contribution in [1.82, 2.24) is 10.6 Å². The monoisotopic (exact) mass is 302 g/mol. The van der Waals surface area contributed by atoms with Gasteiger partial charge in [-0.15, -0.1) is 0 Å². The SMILES string of the molecule is Cc1c(C(C)NC(=O)[C@H]2NCCO[C@@H]2C)oc2ccccc12. The second-order valence-corrected chi connectivity index (χ2v) is 5.83. The quantitative estimate of drug-likeness (QED) is 0.913. The number of aryl methyl sites for hydroxylation is 1. The summed E-state index contributed by atoms with van der Waals surface area (Å²) in [5, 5.41) is 7.31. The number of furan rings is 1. The maximum absolute atomic E-state index is 12.4. The molecule has 1 unspecified atom stereocenters. The lowest BCUT2D eigenvalue weighted by Gasteiger charge is -2.30. The molecule has 3 rings (SSSR count). The predicted octanol–water partition coefficient (Wildman–Crippen LogP) is 2.30. The van der Waals surface area contributed by atoms with Crippen LogP contribution in [0.5, 0.6) is 0 Å². The number of morpholine rings is 1. The average molecular weight is 302 g/mol. The number of hydrogen-bond acceptors (Lipinski definition) is 4. The molecule has 1 amide bonds. The molecule has 1 fully saturated rings. The third-order valence-electron chi connectivity index (χ3n) is 4.23. The Balaban J connectivity index is 1.76. The molecular weight excluding hydrogens is 280 g/mol. The number of nitrogens with one attached hydrogen (secondary N) is 2. The number of ether oxygens (including phenoxy) is 1. The van der Waals surface area contributed by atoms with E-state index >= 15 is 0 Å². The van der Waals surface area contributed by atoms with Crippen LogP contribution in [0.25, 0.3) is 11.0 Å². The molecule has 0 bridgehead atoms. The third-order valence-corrected chi connectivity index (χ3v) is 4.23. The second kappa shape index (κ2) is 6.10. The Labute approximate surface area is 130 Å². The van der Waals surface area contributed by atoms with Gasteiger partial charge in [-0.25, -0.2) is 0 Å². The highest BCUT2D eigenvalue weighted by molar-refractivity contribution is 5.84. The summed E-state index contributed by atoms with van der Waals surface area (Å²) < 4.78 is 11.4. The summed E-state index contributed by atoms with van der Waals surface area (Å²) in [6.07, 6.45) is -0.127. The van der Waals surface area contributed by atoms with Crippen LogP contribution in [-0.2, 0) is 9.53 Å². The Kier molecular flexibility index (Phi) is 4.18. The Hall–Kier alpha value is -1.85. The minimum atomic E-state index is -0.319. The van der Waals surface area contributed by atoms with Crippen LogP contribution in [0, 0.1) is 6.92 Å². The van der Waals surface area contributed by atoms with E-state index in [4.69, 9.17) is 9.15 Å². The minimum Gasteiger partial charge on any atom is -0.459 e. The van der Waals surface area contributed by atoms with E-state index in [0.29, 0.717) is 13.2 Å². The summed E-state index contributed by atoms with van der Waals surface area (Å²) >= 11 is 0. The molecule has 22 heavy (non-hydrogen) atoms. The molecular formula is C17H22N2O3. The van der Waals surface area contributed by atoms with Gasteiger partial charge in [0.1, 0.15) is 17.4 Å². The summed E-state index contributed by atoms with van der Waals surface area (Å²) in [6.45, 7) is 7.21. The predicted molar refractivity (Wildman–Crippen MR) is 84.7 cm³/mol. The van der Waals surface area contributed by atoms with Crippen molar-refractivity contribution in [2.24, 2.45) is 0 Å². The van der Waals surface area contributed by atoms with Gasteiger partial charge < -0.3 is 19.8 Å². The first-order valence-electron chi connectivity index (χ1n) is 7.71. The van der Waals surface area contributed by atoms with Crippen LogP contribution in [0.2, 0.25) is 0 Å². The second-order valence-electron chi connectivity index (χ2n) is 5.83. The Morgan fingerprint density at radius 3 is 2.91 bits per heavy atom. The van der Waals surface area contributed by atoms with E-state index in [0.717, 1.165) is 22.3 Å². The van der Waals surface area contributed by atoms with E-state index in [9.17, 15) is 4.79 Å². The van der Waals surface area contributed by atoms with E-state index in [1.165, 1.54) is 0 Å². The number of hydrogen-bond donors (Lipinski definition) is 2. The van der Waals surface area contributed by atoms with Crippen molar-refractivity contribution in [3.8, 4) is 0 Å². The highest BCUT2D eigenvalue weighted by atomic mass is 16.5.